The molecule has 2 heterocycles. The molecule has 0 spiro atoms. The van der Waals surface area contributed by atoms with Crippen LogP contribution in [0.1, 0.15) is 51.0 Å². The van der Waals surface area contributed by atoms with E-state index in [1.807, 2.05) is 29.3 Å². The molecule has 25 heavy (non-hydrogen) atoms. The molecule has 0 bridgehead atoms. The van der Waals surface area contributed by atoms with Gasteiger partial charge in [-0.05, 0) is 42.9 Å². The molecule has 1 fully saturated rings. The van der Waals surface area contributed by atoms with Crippen LogP contribution in [0, 0.1) is 11.8 Å². The van der Waals surface area contributed by atoms with Crippen molar-refractivity contribution in [2.45, 2.75) is 46.1 Å². The van der Waals surface area contributed by atoms with E-state index in [-0.39, 0.29) is 11.4 Å². The highest BCUT2D eigenvalue weighted by Crippen LogP contribution is 2.39. The number of hydrazine groups is 1. The number of hydrogen-bond donors (Lipinski definition) is 2. The van der Waals surface area contributed by atoms with E-state index < -0.39 is 0 Å². The second-order valence-corrected chi connectivity index (χ2v) is 7.56. The maximum atomic E-state index is 13.4. The van der Waals surface area contributed by atoms with Gasteiger partial charge in [-0.3, -0.25) is 9.80 Å². The Morgan fingerprint density at radius 2 is 1.96 bits per heavy atom. The Morgan fingerprint density at radius 1 is 1.24 bits per heavy atom. The Hall–Kier alpha value is -2.01. The molecule has 1 aliphatic heterocycles. The van der Waals surface area contributed by atoms with E-state index in [0.29, 0.717) is 17.5 Å². The number of ether oxygens (including phenoxy) is 1. The number of hydrogen-bond acceptors (Lipinski definition) is 3. The van der Waals surface area contributed by atoms with E-state index in [4.69, 9.17) is 4.74 Å². The summed E-state index contributed by atoms with van der Waals surface area (Å²) in [6, 6.07) is 7.71. The second kappa shape index (κ2) is 6.71. The van der Waals surface area contributed by atoms with Gasteiger partial charge in [-0.1, -0.05) is 33.8 Å². The molecule has 1 saturated heterocycles. The monoisotopic (exact) mass is 343 g/mol. The van der Waals surface area contributed by atoms with Crippen LogP contribution in [0.2, 0.25) is 0 Å². The first-order chi connectivity index (χ1) is 11.9. The van der Waals surface area contributed by atoms with Crippen LogP contribution < -0.4 is 10.2 Å². The third-order valence-electron chi connectivity index (χ3n) is 5.72. The molecule has 0 unspecified atom stereocenters. The fraction of sp³-hybridized carbons (Fsp3) is 0.550. The topological polar surface area (TPSA) is 57.4 Å². The minimum absolute atomic E-state index is 0.000327. The second-order valence-electron chi connectivity index (χ2n) is 7.56. The van der Waals surface area contributed by atoms with Gasteiger partial charge in [0.25, 0.3) is 5.91 Å². The van der Waals surface area contributed by atoms with Crippen molar-refractivity contribution in [3.63, 3.8) is 0 Å². The fourth-order valence-electron chi connectivity index (χ4n) is 4.38. The van der Waals surface area contributed by atoms with Crippen molar-refractivity contribution >= 4 is 16.8 Å². The fourth-order valence-corrected chi connectivity index (χ4v) is 4.38. The average molecular weight is 343 g/mol. The number of rotatable bonds is 4. The summed E-state index contributed by atoms with van der Waals surface area (Å²) in [4.78, 5) is 16.7. The minimum Gasteiger partial charge on any atom is -0.496 e. The normalized spacial score (nSPS) is 17.5. The molecule has 1 aromatic heterocycles. The van der Waals surface area contributed by atoms with Crippen LogP contribution in [0.25, 0.3) is 10.9 Å². The van der Waals surface area contributed by atoms with Gasteiger partial charge < -0.3 is 9.72 Å². The zero-order valence-corrected chi connectivity index (χ0v) is 15.8. The Morgan fingerprint density at radius 3 is 2.60 bits per heavy atom. The number of H-pyrrole nitrogens is 1. The van der Waals surface area contributed by atoms with Crippen molar-refractivity contribution in [2.24, 2.45) is 11.8 Å². The first-order valence-electron chi connectivity index (χ1n) is 9.15. The maximum absolute atomic E-state index is 13.4. The Bertz CT molecular complexity index is 755. The number of methoxy groups -OCH3 is 1. The highest BCUT2D eigenvalue weighted by molar-refractivity contribution is 5.99. The van der Waals surface area contributed by atoms with Gasteiger partial charge in [-0.25, -0.2) is 5.43 Å². The third kappa shape index (κ3) is 2.80. The first-order valence-corrected chi connectivity index (χ1v) is 9.15. The number of aromatic amines is 1. The molecule has 136 valence electrons. The van der Waals surface area contributed by atoms with E-state index in [9.17, 15) is 4.79 Å². The van der Waals surface area contributed by atoms with Crippen molar-refractivity contribution in [3.05, 3.63) is 30.0 Å². The summed E-state index contributed by atoms with van der Waals surface area (Å²) in [7, 11) is 1.65. The van der Waals surface area contributed by atoms with Crippen molar-refractivity contribution in [2.75, 3.05) is 13.7 Å². The summed E-state index contributed by atoms with van der Waals surface area (Å²) in [5, 5.41) is 2.83. The largest absolute Gasteiger partial charge is 0.496 e. The van der Waals surface area contributed by atoms with Gasteiger partial charge in [-0.2, -0.15) is 0 Å². The van der Waals surface area contributed by atoms with Crippen LogP contribution in [-0.4, -0.2) is 35.1 Å². The molecular weight excluding hydrogens is 314 g/mol. The quantitative estimate of drug-likeness (QED) is 0.883. The van der Waals surface area contributed by atoms with Gasteiger partial charge >= 0.3 is 0 Å². The van der Waals surface area contributed by atoms with Crippen LogP contribution in [0.15, 0.2) is 24.3 Å². The molecule has 2 N–H and O–H groups in total. The SMILES string of the molecule is COc1cccc2[nH]c(C(=O)N3NCCCC3(C(C)C)C(C)C)cc12. The van der Waals surface area contributed by atoms with E-state index in [1.165, 1.54) is 0 Å². The number of fused-ring (bicyclic) bond motifs is 1. The minimum atomic E-state index is -0.184. The van der Waals surface area contributed by atoms with Gasteiger partial charge in [0.15, 0.2) is 0 Å². The maximum Gasteiger partial charge on any atom is 0.284 e. The first kappa shape index (κ1) is 17.8. The van der Waals surface area contributed by atoms with Crippen molar-refractivity contribution in [1.29, 1.82) is 0 Å². The lowest BCUT2D eigenvalue weighted by atomic mass is 9.72. The van der Waals surface area contributed by atoms with Crippen molar-refractivity contribution in [1.82, 2.24) is 15.4 Å². The van der Waals surface area contributed by atoms with Crippen LogP contribution in [0.3, 0.4) is 0 Å². The smallest absolute Gasteiger partial charge is 0.284 e. The molecule has 1 amide bonds. The van der Waals surface area contributed by atoms with Gasteiger partial charge in [0.05, 0.1) is 12.6 Å². The Labute approximate surface area is 149 Å². The number of amides is 1. The lowest BCUT2D eigenvalue weighted by Crippen LogP contribution is -2.66. The van der Waals surface area contributed by atoms with Gasteiger partial charge in [-0.15, -0.1) is 0 Å². The lowest BCUT2D eigenvalue weighted by Gasteiger charge is -2.52. The van der Waals surface area contributed by atoms with Gasteiger partial charge in [0.1, 0.15) is 11.4 Å². The number of nitrogens with zero attached hydrogens (tertiary/aromatic N) is 1. The van der Waals surface area contributed by atoms with Crippen LogP contribution in [0.4, 0.5) is 0 Å². The summed E-state index contributed by atoms with van der Waals surface area (Å²) in [5.41, 5.74) is 4.71. The summed E-state index contributed by atoms with van der Waals surface area (Å²) in [5.74, 6) is 1.50. The summed E-state index contributed by atoms with van der Waals surface area (Å²) in [6.45, 7) is 9.67. The van der Waals surface area contributed by atoms with Gasteiger partial charge in [0.2, 0.25) is 0 Å². The zero-order valence-electron chi connectivity index (χ0n) is 15.8. The third-order valence-corrected chi connectivity index (χ3v) is 5.72. The summed E-state index contributed by atoms with van der Waals surface area (Å²) in [6.07, 6.45) is 2.10. The van der Waals surface area contributed by atoms with Crippen molar-refractivity contribution < 1.29 is 9.53 Å². The molecule has 5 heteroatoms. The predicted octanol–water partition coefficient (Wildman–Crippen LogP) is 3.97. The molecule has 5 nitrogen and oxygen atoms in total. The van der Waals surface area contributed by atoms with E-state index in [0.717, 1.165) is 36.0 Å². The molecule has 0 saturated carbocycles. The molecule has 2 aromatic rings. The van der Waals surface area contributed by atoms with E-state index in [1.54, 1.807) is 7.11 Å². The summed E-state index contributed by atoms with van der Waals surface area (Å²) >= 11 is 0. The molecular formula is C20H29N3O2. The number of aromatic nitrogens is 1. The Kier molecular flexibility index (Phi) is 4.78. The zero-order chi connectivity index (χ0) is 18.2. The van der Waals surface area contributed by atoms with Crippen molar-refractivity contribution in [3.8, 4) is 5.75 Å². The predicted molar refractivity (Wildman–Crippen MR) is 101 cm³/mol. The van der Waals surface area contributed by atoms with Crippen LogP contribution in [0.5, 0.6) is 5.75 Å². The molecule has 0 radical (unpaired) electrons. The summed E-state index contributed by atoms with van der Waals surface area (Å²) < 4.78 is 5.42. The van der Waals surface area contributed by atoms with Gasteiger partial charge in [0, 0.05) is 17.4 Å². The highest BCUT2D eigenvalue weighted by atomic mass is 16.5. The van der Waals surface area contributed by atoms with E-state index >= 15 is 0 Å². The van der Waals surface area contributed by atoms with Crippen LogP contribution >= 0.6 is 0 Å². The van der Waals surface area contributed by atoms with Crippen LogP contribution in [-0.2, 0) is 0 Å². The number of benzene rings is 1. The molecule has 0 aliphatic carbocycles. The average Bonchev–Trinajstić information content (AvgIpc) is 3.04. The standard InChI is InChI=1S/C20H29N3O2/c1-13(2)20(14(3)4)10-7-11-21-23(20)19(24)17-12-15-16(22-17)8-6-9-18(15)25-5/h6,8-9,12-14,21-22H,7,10-11H2,1-5H3. The molecule has 1 aliphatic rings. The number of nitrogens with one attached hydrogen (secondary N) is 2. The molecule has 3 rings (SSSR count). The number of carbonyl (C=O) groups is 1. The lowest BCUT2D eigenvalue weighted by molar-refractivity contribution is -0.0448. The molecule has 0 atom stereocenters. The highest BCUT2D eigenvalue weighted by Gasteiger charge is 2.47. The number of carbonyl (C=O) groups excluding carboxylic acids is 1. The van der Waals surface area contributed by atoms with E-state index in [2.05, 4.69) is 38.1 Å². The molecule has 1 aromatic carbocycles. The Balaban J connectivity index is 2.03.